The van der Waals surface area contributed by atoms with E-state index in [-0.39, 0.29) is 28.2 Å². The maximum Gasteiger partial charge on any atom is 0.271 e. The molecule has 0 radical (unpaired) electrons. The van der Waals surface area contributed by atoms with Crippen LogP contribution >= 0.6 is 0 Å². The summed E-state index contributed by atoms with van der Waals surface area (Å²) in [6, 6.07) is 3.38. The number of hydrogen-bond acceptors (Lipinski definition) is 5. The van der Waals surface area contributed by atoms with E-state index < -0.39 is 14.9 Å². The second-order valence-corrected chi connectivity index (χ2v) is 7.44. The Morgan fingerprint density at radius 1 is 1.33 bits per heavy atom. The normalized spacial score (nSPS) is 23.9. The first-order valence-electron chi connectivity index (χ1n) is 6.79. The van der Waals surface area contributed by atoms with E-state index in [1.807, 2.05) is 13.8 Å². The monoisotopic (exact) mass is 313 g/mol. The van der Waals surface area contributed by atoms with Gasteiger partial charge >= 0.3 is 0 Å². The van der Waals surface area contributed by atoms with Crippen LogP contribution in [0.25, 0.3) is 0 Å². The number of rotatable bonds is 3. The smallest absolute Gasteiger partial charge is 0.271 e. The molecule has 2 N–H and O–H groups in total. The summed E-state index contributed by atoms with van der Waals surface area (Å²) < 4.78 is 26.9. The molecule has 2 atom stereocenters. The minimum atomic E-state index is -3.73. The fourth-order valence-corrected chi connectivity index (χ4v) is 4.47. The summed E-state index contributed by atoms with van der Waals surface area (Å²) >= 11 is 0. The van der Waals surface area contributed by atoms with Crippen molar-refractivity contribution < 1.29 is 13.3 Å². The number of benzene rings is 1. The molecule has 0 aliphatic carbocycles. The number of nitrogen functional groups attached to an aromatic ring is 1. The molecule has 0 spiro atoms. The molecule has 8 heteroatoms. The molecular formula is C13H19N3O4S. The molecule has 1 heterocycles. The van der Waals surface area contributed by atoms with Gasteiger partial charge in [-0.15, -0.1) is 0 Å². The first kappa shape index (κ1) is 15.7. The van der Waals surface area contributed by atoms with Crippen LogP contribution in [0, 0.1) is 16.0 Å². The Balaban J connectivity index is 2.41. The molecule has 7 nitrogen and oxygen atoms in total. The second-order valence-electron chi connectivity index (χ2n) is 5.59. The Morgan fingerprint density at radius 2 is 2.00 bits per heavy atom. The van der Waals surface area contributed by atoms with E-state index >= 15 is 0 Å². The van der Waals surface area contributed by atoms with Crippen molar-refractivity contribution in [3.05, 3.63) is 28.3 Å². The lowest BCUT2D eigenvalue weighted by Gasteiger charge is -2.35. The van der Waals surface area contributed by atoms with Crippen LogP contribution in [-0.4, -0.2) is 30.2 Å². The standard InChI is InChI=1S/C13H19N3O4S/c1-9-3-4-10(2)15(8-9)21(19,20)13-6-5-11(16(17)18)7-12(13)14/h5-7,9-10H,3-4,8,14H2,1-2H3. The summed E-state index contributed by atoms with van der Waals surface area (Å²) in [4.78, 5) is 10.0. The number of piperidine rings is 1. The lowest BCUT2D eigenvalue weighted by molar-refractivity contribution is -0.384. The van der Waals surface area contributed by atoms with Gasteiger partial charge in [0.2, 0.25) is 10.0 Å². The summed E-state index contributed by atoms with van der Waals surface area (Å²) in [7, 11) is -3.73. The Kier molecular flexibility index (Phi) is 4.20. The molecular weight excluding hydrogens is 294 g/mol. The zero-order chi connectivity index (χ0) is 15.8. The van der Waals surface area contributed by atoms with Crippen molar-refractivity contribution in [2.45, 2.75) is 37.6 Å². The summed E-state index contributed by atoms with van der Waals surface area (Å²) in [6.45, 7) is 4.32. The molecule has 2 unspecified atom stereocenters. The van der Waals surface area contributed by atoms with Crippen molar-refractivity contribution in [2.24, 2.45) is 5.92 Å². The van der Waals surface area contributed by atoms with Crippen LogP contribution in [0.5, 0.6) is 0 Å². The van der Waals surface area contributed by atoms with Gasteiger partial charge in [-0.05, 0) is 31.7 Å². The zero-order valence-corrected chi connectivity index (χ0v) is 12.8. The van der Waals surface area contributed by atoms with Gasteiger partial charge in [0.05, 0.1) is 10.6 Å². The molecule has 1 aliphatic rings. The first-order chi connectivity index (χ1) is 9.73. The Hall–Kier alpha value is -1.67. The lowest BCUT2D eigenvalue weighted by Crippen LogP contribution is -2.44. The zero-order valence-electron chi connectivity index (χ0n) is 12.0. The topological polar surface area (TPSA) is 107 Å². The van der Waals surface area contributed by atoms with Crippen LogP contribution in [0.1, 0.15) is 26.7 Å². The number of nitrogens with zero attached hydrogens (tertiary/aromatic N) is 2. The molecule has 1 aromatic carbocycles. The second kappa shape index (κ2) is 5.61. The highest BCUT2D eigenvalue weighted by Crippen LogP contribution is 2.31. The maximum absolute atomic E-state index is 12.7. The molecule has 0 amide bonds. The Morgan fingerprint density at radius 3 is 2.57 bits per heavy atom. The molecule has 21 heavy (non-hydrogen) atoms. The fraction of sp³-hybridized carbons (Fsp3) is 0.538. The molecule has 0 saturated carbocycles. The Bertz CT molecular complexity index is 659. The molecule has 0 aromatic heterocycles. The van der Waals surface area contributed by atoms with Gasteiger partial charge in [-0.25, -0.2) is 8.42 Å². The molecule has 1 aromatic rings. The molecule has 1 saturated heterocycles. The summed E-state index contributed by atoms with van der Waals surface area (Å²) in [5.41, 5.74) is 5.42. The van der Waals surface area contributed by atoms with Crippen LogP contribution in [0.4, 0.5) is 11.4 Å². The van der Waals surface area contributed by atoms with Crippen molar-refractivity contribution in [3.8, 4) is 0 Å². The number of hydrogen-bond donors (Lipinski definition) is 1. The van der Waals surface area contributed by atoms with Crippen molar-refractivity contribution in [1.29, 1.82) is 0 Å². The van der Waals surface area contributed by atoms with Crippen molar-refractivity contribution in [3.63, 3.8) is 0 Å². The highest BCUT2D eigenvalue weighted by atomic mass is 32.2. The van der Waals surface area contributed by atoms with Gasteiger partial charge in [-0.3, -0.25) is 10.1 Å². The number of nitrogens with two attached hydrogens (primary N) is 1. The highest BCUT2D eigenvalue weighted by molar-refractivity contribution is 7.89. The SMILES string of the molecule is CC1CCC(C)N(S(=O)(=O)c2ccc([N+](=O)[O-])cc2N)C1. The molecule has 116 valence electrons. The van der Waals surface area contributed by atoms with Crippen molar-refractivity contribution in [1.82, 2.24) is 4.31 Å². The van der Waals surface area contributed by atoms with Gasteiger partial charge in [0.1, 0.15) is 4.90 Å². The number of sulfonamides is 1. The van der Waals surface area contributed by atoms with Gasteiger partial charge in [0.15, 0.2) is 0 Å². The summed E-state index contributed by atoms with van der Waals surface area (Å²) in [5.74, 6) is 0.287. The number of nitro groups is 1. The van der Waals surface area contributed by atoms with Crippen molar-refractivity contribution >= 4 is 21.4 Å². The average Bonchev–Trinajstić information content (AvgIpc) is 2.40. The van der Waals surface area contributed by atoms with Crippen LogP contribution in [0.3, 0.4) is 0 Å². The van der Waals surface area contributed by atoms with Crippen LogP contribution in [-0.2, 0) is 10.0 Å². The number of non-ortho nitro benzene ring substituents is 1. The van der Waals surface area contributed by atoms with Crippen LogP contribution in [0.2, 0.25) is 0 Å². The van der Waals surface area contributed by atoms with E-state index in [2.05, 4.69) is 0 Å². The van der Waals surface area contributed by atoms with E-state index in [4.69, 9.17) is 5.73 Å². The highest BCUT2D eigenvalue weighted by Gasteiger charge is 2.34. The van der Waals surface area contributed by atoms with E-state index in [9.17, 15) is 18.5 Å². The lowest BCUT2D eigenvalue weighted by atomic mass is 9.97. The number of nitro benzene ring substituents is 1. The van der Waals surface area contributed by atoms with Gasteiger partial charge < -0.3 is 5.73 Å². The third-order valence-corrected chi connectivity index (χ3v) is 5.91. The third-order valence-electron chi connectivity index (χ3n) is 3.85. The Labute approximate surface area is 123 Å². The fourth-order valence-electron chi connectivity index (χ4n) is 2.59. The molecule has 1 aliphatic heterocycles. The summed E-state index contributed by atoms with van der Waals surface area (Å²) in [5, 5.41) is 10.7. The molecule has 0 bridgehead atoms. The quantitative estimate of drug-likeness (QED) is 0.521. The van der Waals surface area contributed by atoms with Gasteiger partial charge in [0.25, 0.3) is 5.69 Å². The minimum absolute atomic E-state index is 0.0611. The molecule has 2 rings (SSSR count). The maximum atomic E-state index is 12.7. The van der Waals surface area contributed by atoms with Crippen LogP contribution in [0.15, 0.2) is 23.1 Å². The predicted molar refractivity (Wildman–Crippen MR) is 79.3 cm³/mol. The molecule has 1 fully saturated rings. The van der Waals surface area contributed by atoms with Crippen molar-refractivity contribution in [2.75, 3.05) is 12.3 Å². The van der Waals surface area contributed by atoms with Gasteiger partial charge in [0, 0.05) is 24.7 Å². The predicted octanol–water partition coefficient (Wildman–Crippen LogP) is 1.99. The summed E-state index contributed by atoms with van der Waals surface area (Å²) in [6.07, 6.45) is 1.79. The van der Waals surface area contributed by atoms with E-state index in [1.54, 1.807) is 0 Å². The average molecular weight is 313 g/mol. The van der Waals surface area contributed by atoms with E-state index in [0.717, 1.165) is 18.9 Å². The van der Waals surface area contributed by atoms with Gasteiger partial charge in [-0.1, -0.05) is 6.92 Å². The minimum Gasteiger partial charge on any atom is -0.397 e. The van der Waals surface area contributed by atoms with E-state index in [1.165, 1.54) is 16.4 Å². The van der Waals surface area contributed by atoms with Crippen LogP contribution < -0.4 is 5.73 Å². The van der Waals surface area contributed by atoms with E-state index in [0.29, 0.717) is 6.54 Å². The largest absolute Gasteiger partial charge is 0.397 e. The third kappa shape index (κ3) is 3.01. The van der Waals surface area contributed by atoms with Gasteiger partial charge in [-0.2, -0.15) is 4.31 Å². The number of anilines is 1. The first-order valence-corrected chi connectivity index (χ1v) is 8.23.